The van der Waals surface area contributed by atoms with Gasteiger partial charge in [0.1, 0.15) is 11.4 Å². The highest BCUT2D eigenvalue weighted by molar-refractivity contribution is 5.48. The molecule has 2 aromatic rings. The molecule has 1 heteroatoms. The molecule has 2 aromatic carbocycles. The zero-order valence-corrected chi connectivity index (χ0v) is 10.2. The average molecular weight is 224 g/mol. The van der Waals surface area contributed by atoms with E-state index in [9.17, 15) is 0 Å². The van der Waals surface area contributed by atoms with Gasteiger partial charge in [0.25, 0.3) is 0 Å². The SMILES string of the molecule is CC1(C)Oc2ccccc2C1c1ccccc1. The third-order valence-electron chi connectivity index (χ3n) is 3.43. The van der Waals surface area contributed by atoms with E-state index in [1.807, 2.05) is 6.07 Å². The smallest absolute Gasteiger partial charge is 0.124 e. The topological polar surface area (TPSA) is 9.23 Å². The molecule has 0 saturated heterocycles. The molecule has 0 bridgehead atoms. The minimum atomic E-state index is -0.176. The van der Waals surface area contributed by atoms with Gasteiger partial charge in [0.15, 0.2) is 0 Å². The second-order valence-corrected chi connectivity index (χ2v) is 5.09. The lowest BCUT2D eigenvalue weighted by molar-refractivity contribution is 0.122. The molecule has 0 amide bonds. The van der Waals surface area contributed by atoms with E-state index in [4.69, 9.17) is 4.74 Å². The Hall–Kier alpha value is -1.76. The van der Waals surface area contributed by atoms with Gasteiger partial charge in [0.05, 0.1) is 5.92 Å². The van der Waals surface area contributed by atoms with Gasteiger partial charge in [-0.3, -0.25) is 0 Å². The van der Waals surface area contributed by atoms with E-state index in [-0.39, 0.29) is 5.60 Å². The van der Waals surface area contributed by atoms with Gasteiger partial charge in [-0.15, -0.1) is 0 Å². The largest absolute Gasteiger partial charge is 0.487 e. The van der Waals surface area contributed by atoms with Crippen LogP contribution in [-0.4, -0.2) is 5.60 Å². The van der Waals surface area contributed by atoms with E-state index in [0.717, 1.165) is 5.75 Å². The zero-order chi connectivity index (χ0) is 11.9. The molecular formula is C16H16O. The van der Waals surface area contributed by atoms with Gasteiger partial charge in [-0.2, -0.15) is 0 Å². The van der Waals surface area contributed by atoms with Crippen LogP contribution < -0.4 is 4.74 Å². The van der Waals surface area contributed by atoms with Gasteiger partial charge in [-0.1, -0.05) is 48.5 Å². The third-order valence-corrected chi connectivity index (χ3v) is 3.43. The molecule has 1 nitrogen and oxygen atoms in total. The summed E-state index contributed by atoms with van der Waals surface area (Å²) in [6.07, 6.45) is 0. The predicted molar refractivity (Wildman–Crippen MR) is 69.4 cm³/mol. The second kappa shape index (κ2) is 3.63. The monoisotopic (exact) mass is 224 g/mol. The van der Waals surface area contributed by atoms with Gasteiger partial charge in [0.2, 0.25) is 0 Å². The van der Waals surface area contributed by atoms with Crippen molar-refractivity contribution in [2.45, 2.75) is 25.4 Å². The predicted octanol–water partition coefficient (Wildman–Crippen LogP) is 3.99. The zero-order valence-electron chi connectivity index (χ0n) is 10.2. The summed E-state index contributed by atoms with van der Waals surface area (Å²) >= 11 is 0. The van der Waals surface area contributed by atoms with E-state index in [1.54, 1.807) is 0 Å². The molecule has 3 rings (SSSR count). The Balaban J connectivity index is 2.15. The molecule has 0 radical (unpaired) electrons. The highest BCUT2D eigenvalue weighted by Gasteiger charge is 2.41. The number of fused-ring (bicyclic) bond motifs is 1. The number of hydrogen-bond acceptors (Lipinski definition) is 1. The number of hydrogen-bond donors (Lipinski definition) is 0. The summed E-state index contributed by atoms with van der Waals surface area (Å²) in [4.78, 5) is 0. The summed E-state index contributed by atoms with van der Waals surface area (Å²) in [5.41, 5.74) is 2.44. The lowest BCUT2D eigenvalue weighted by atomic mass is 9.81. The molecule has 0 aromatic heterocycles. The molecule has 0 spiro atoms. The molecule has 0 N–H and O–H groups in total. The van der Waals surface area contributed by atoms with Crippen molar-refractivity contribution in [2.24, 2.45) is 0 Å². The van der Waals surface area contributed by atoms with E-state index in [1.165, 1.54) is 11.1 Å². The highest BCUT2D eigenvalue weighted by Crippen LogP contribution is 2.47. The van der Waals surface area contributed by atoms with Crippen LogP contribution >= 0.6 is 0 Å². The maximum absolute atomic E-state index is 6.06. The summed E-state index contributed by atoms with van der Waals surface area (Å²) in [5, 5.41) is 0. The summed E-state index contributed by atoms with van der Waals surface area (Å²) in [6, 6.07) is 18.9. The van der Waals surface area contributed by atoms with Crippen LogP contribution in [0.3, 0.4) is 0 Å². The first-order chi connectivity index (χ1) is 8.18. The van der Waals surface area contributed by atoms with E-state index >= 15 is 0 Å². The summed E-state index contributed by atoms with van der Waals surface area (Å²) < 4.78 is 6.06. The van der Waals surface area contributed by atoms with Crippen molar-refractivity contribution < 1.29 is 4.74 Å². The first kappa shape index (κ1) is 10.4. The first-order valence-electron chi connectivity index (χ1n) is 6.01. The fraction of sp³-hybridized carbons (Fsp3) is 0.250. The molecular weight excluding hydrogens is 208 g/mol. The number of para-hydroxylation sites is 1. The Bertz CT molecular complexity index is 528. The van der Waals surface area contributed by atoms with Crippen molar-refractivity contribution in [2.75, 3.05) is 0 Å². The quantitative estimate of drug-likeness (QED) is 0.711. The first-order valence-corrected chi connectivity index (χ1v) is 6.01. The van der Waals surface area contributed by atoms with Crippen LogP contribution in [0.25, 0.3) is 0 Å². The fourth-order valence-electron chi connectivity index (χ4n) is 2.76. The Morgan fingerprint density at radius 3 is 2.29 bits per heavy atom. The Morgan fingerprint density at radius 1 is 0.882 bits per heavy atom. The Kier molecular flexibility index (Phi) is 2.22. The van der Waals surface area contributed by atoms with Crippen molar-refractivity contribution >= 4 is 0 Å². The molecule has 17 heavy (non-hydrogen) atoms. The molecule has 0 saturated carbocycles. The van der Waals surface area contributed by atoms with E-state index in [0.29, 0.717) is 5.92 Å². The van der Waals surface area contributed by atoms with Crippen LogP contribution in [0, 0.1) is 0 Å². The van der Waals surface area contributed by atoms with Crippen LogP contribution in [0.2, 0.25) is 0 Å². The van der Waals surface area contributed by atoms with Gasteiger partial charge in [0, 0.05) is 5.56 Å². The molecule has 0 aliphatic carbocycles. The molecule has 1 aliphatic rings. The molecule has 1 heterocycles. The fourth-order valence-corrected chi connectivity index (χ4v) is 2.76. The average Bonchev–Trinajstić information content (AvgIpc) is 2.60. The molecule has 86 valence electrons. The van der Waals surface area contributed by atoms with Gasteiger partial charge < -0.3 is 4.74 Å². The molecule has 1 aliphatic heterocycles. The summed E-state index contributed by atoms with van der Waals surface area (Å²) in [7, 11) is 0. The van der Waals surface area contributed by atoms with Crippen molar-refractivity contribution in [3.05, 3.63) is 65.7 Å². The van der Waals surface area contributed by atoms with Gasteiger partial charge in [-0.25, -0.2) is 0 Å². The van der Waals surface area contributed by atoms with Gasteiger partial charge in [-0.05, 0) is 25.5 Å². The van der Waals surface area contributed by atoms with Crippen molar-refractivity contribution in [3.8, 4) is 5.75 Å². The molecule has 1 atom stereocenters. The third kappa shape index (κ3) is 1.62. The lowest BCUT2D eigenvalue weighted by Gasteiger charge is -2.26. The molecule has 1 unspecified atom stereocenters. The normalized spacial score (nSPS) is 20.7. The maximum atomic E-state index is 6.06. The number of ether oxygens (including phenoxy) is 1. The van der Waals surface area contributed by atoms with E-state index in [2.05, 4.69) is 62.4 Å². The van der Waals surface area contributed by atoms with Crippen molar-refractivity contribution in [3.63, 3.8) is 0 Å². The number of benzene rings is 2. The summed E-state index contributed by atoms with van der Waals surface area (Å²) in [5.74, 6) is 1.34. The van der Waals surface area contributed by atoms with E-state index < -0.39 is 0 Å². The highest BCUT2D eigenvalue weighted by atomic mass is 16.5. The van der Waals surface area contributed by atoms with Crippen molar-refractivity contribution in [1.82, 2.24) is 0 Å². The van der Waals surface area contributed by atoms with Crippen LogP contribution in [0.1, 0.15) is 30.9 Å². The molecule has 0 fully saturated rings. The van der Waals surface area contributed by atoms with Crippen molar-refractivity contribution in [1.29, 1.82) is 0 Å². The second-order valence-electron chi connectivity index (χ2n) is 5.09. The number of rotatable bonds is 1. The minimum Gasteiger partial charge on any atom is -0.487 e. The lowest BCUT2D eigenvalue weighted by Crippen LogP contribution is -2.30. The minimum absolute atomic E-state index is 0.176. The standard InChI is InChI=1S/C16H16O/c1-16(2)15(12-8-4-3-5-9-12)13-10-6-7-11-14(13)17-16/h3-11,15H,1-2H3. The van der Waals surface area contributed by atoms with Crippen LogP contribution in [0.5, 0.6) is 5.75 Å². The van der Waals surface area contributed by atoms with Crippen LogP contribution in [0.4, 0.5) is 0 Å². The van der Waals surface area contributed by atoms with Gasteiger partial charge >= 0.3 is 0 Å². The Labute approximate surface area is 102 Å². The maximum Gasteiger partial charge on any atom is 0.124 e. The van der Waals surface area contributed by atoms with Crippen LogP contribution in [0.15, 0.2) is 54.6 Å². The summed E-state index contributed by atoms with van der Waals surface area (Å²) in [6.45, 7) is 4.31. The van der Waals surface area contributed by atoms with Crippen LogP contribution in [-0.2, 0) is 0 Å². The Morgan fingerprint density at radius 2 is 1.53 bits per heavy atom.